The Morgan fingerprint density at radius 1 is 1.25 bits per heavy atom. The van der Waals surface area contributed by atoms with E-state index in [1.165, 1.54) is 0 Å². The highest BCUT2D eigenvalue weighted by molar-refractivity contribution is 8.02. The van der Waals surface area contributed by atoms with Crippen LogP contribution in [-0.2, 0) is 17.0 Å². The molecule has 7 nitrogen and oxygen atoms in total. The smallest absolute Gasteiger partial charge is 0.274 e. The Morgan fingerprint density at radius 3 is 2.75 bits per heavy atom. The van der Waals surface area contributed by atoms with E-state index in [1.807, 2.05) is 15.7 Å². The fraction of sp³-hybridized carbons (Fsp3) is 0.300. The summed E-state index contributed by atoms with van der Waals surface area (Å²) in [4.78, 5) is 24.5. The molecule has 0 N–H and O–H groups in total. The van der Waals surface area contributed by atoms with Crippen molar-refractivity contribution in [1.29, 1.82) is 0 Å². The number of nitrogens with zero attached hydrogens (tertiary/aromatic N) is 5. The van der Waals surface area contributed by atoms with Gasteiger partial charge >= 0.3 is 0 Å². The lowest BCUT2D eigenvalue weighted by Gasteiger charge is -2.26. The molecule has 2 aliphatic heterocycles. The maximum atomic E-state index is 13.2. The molecule has 0 aliphatic carbocycles. The van der Waals surface area contributed by atoms with Gasteiger partial charge in [0.2, 0.25) is 0 Å². The number of rotatable bonds is 5. The van der Waals surface area contributed by atoms with Gasteiger partial charge in [0.25, 0.3) is 5.91 Å². The topological polar surface area (TPSA) is 73.1 Å². The normalized spacial score (nSPS) is 16.6. The third-order valence-electron chi connectivity index (χ3n) is 4.76. The van der Waals surface area contributed by atoms with Gasteiger partial charge in [-0.3, -0.25) is 19.4 Å². The van der Waals surface area contributed by atoms with E-state index in [4.69, 9.17) is 9.84 Å². The monoisotopic (exact) mass is 395 g/mol. The van der Waals surface area contributed by atoms with E-state index in [9.17, 15) is 4.79 Å². The largest absolute Gasteiger partial charge is 0.378 e. The summed E-state index contributed by atoms with van der Waals surface area (Å²) in [7, 11) is 0. The molecule has 2 aromatic heterocycles. The lowest BCUT2D eigenvalue weighted by Crippen LogP contribution is -2.41. The van der Waals surface area contributed by atoms with Gasteiger partial charge in [0.05, 0.1) is 37.3 Å². The molecule has 0 atom stereocenters. The molecule has 4 rings (SSSR count). The van der Waals surface area contributed by atoms with E-state index in [1.54, 1.807) is 36.4 Å². The molecule has 0 spiro atoms. The van der Waals surface area contributed by atoms with Crippen LogP contribution in [0.25, 0.3) is 5.57 Å². The van der Waals surface area contributed by atoms with Crippen LogP contribution in [0.4, 0.5) is 0 Å². The number of thioether (sulfide) groups is 1. The first-order valence-electron chi connectivity index (χ1n) is 9.06. The highest BCUT2D eigenvalue weighted by atomic mass is 32.2. The van der Waals surface area contributed by atoms with Crippen molar-refractivity contribution in [2.45, 2.75) is 12.3 Å². The SMILES string of the molecule is C=CC1=C(C=C)c2c(c(C(=O)N3CCOCC3)nn2Cc2cnccn2)CS1. The zero-order valence-electron chi connectivity index (χ0n) is 15.5. The van der Waals surface area contributed by atoms with Gasteiger partial charge in [-0.05, 0) is 0 Å². The number of carbonyl (C=O) groups is 1. The lowest BCUT2D eigenvalue weighted by atomic mass is 10.0. The third-order valence-corrected chi connectivity index (χ3v) is 5.89. The van der Waals surface area contributed by atoms with Gasteiger partial charge in [0.15, 0.2) is 5.69 Å². The van der Waals surface area contributed by atoms with Crippen molar-refractivity contribution >= 4 is 23.2 Å². The van der Waals surface area contributed by atoms with Crippen LogP contribution in [0.1, 0.15) is 27.4 Å². The summed E-state index contributed by atoms with van der Waals surface area (Å²) in [5, 5.41) is 4.72. The molecule has 4 heterocycles. The second-order valence-corrected chi connectivity index (χ2v) is 7.43. The summed E-state index contributed by atoms with van der Waals surface area (Å²) in [5.41, 5.74) is 4.06. The molecule has 0 bridgehead atoms. The average molecular weight is 395 g/mol. The lowest BCUT2D eigenvalue weighted by molar-refractivity contribution is 0.0298. The molecule has 0 aromatic carbocycles. The summed E-state index contributed by atoms with van der Waals surface area (Å²) < 4.78 is 7.22. The minimum absolute atomic E-state index is 0.0523. The second kappa shape index (κ2) is 8.12. The molecule has 2 aliphatic rings. The molecular weight excluding hydrogens is 374 g/mol. The number of aromatic nitrogens is 4. The molecule has 0 radical (unpaired) electrons. The molecule has 0 unspecified atom stereocenters. The number of amides is 1. The number of allylic oxidation sites excluding steroid dienone is 3. The molecule has 0 saturated carbocycles. The van der Waals surface area contributed by atoms with Crippen LogP contribution in [0.15, 0.2) is 48.8 Å². The van der Waals surface area contributed by atoms with E-state index in [0.29, 0.717) is 44.3 Å². The zero-order valence-corrected chi connectivity index (χ0v) is 16.3. The minimum Gasteiger partial charge on any atom is -0.378 e. The van der Waals surface area contributed by atoms with Crippen LogP contribution in [0, 0.1) is 0 Å². The number of ether oxygens (including phenoxy) is 1. The molecule has 2 aromatic rings. The van der Waals surface area contributed by atoms with Crippen LogP contribution in [0.5, 0.6) is 0 Å². The fourth-order valence-corrected chi connectivity index (χ4v) is 4.44. The molecule has 1 fully saturated rings. The van der Waals surface area contributed by atoms with Gasteiger partial charge in [0.1, 0.15) is 0 Å². The molecular formula is C20H21N5O2S. The number of carbonyl (C=O) groups excluding carboxylic acids is 1. The van der Waals surface area contributed by atoms with E-state index in [2.05, 4.69) is 23.1 Å². The van der Waals surface area contributed by atoms with E-state index >= 15 is 0 Å². The first kappa shape index (κ1) is 18.6. The average Bonchev–Trinajstić information content (AvgIpc) is 3.12. The van der Waals surface area contributed by atoms with Crippen LogP contribution < -0.4 is 0 Å². The Hall–Kier alpha value is -2.71. The summed E-state index contributed by atoms with van der Waals surface area (Å²) in [6.45, 7) is 10.6. The Morgan fingerprint density at radius 2 is 2.07 bits per heavy atom. The number of fused-ring (bicyclic) bond motifs is 1. The Bertz CT molecular complexity index is 945. The Kier molecular flexibility index (Phi) is 5.40. The minimum atomic E-state index is -0.0523. The molecule has 144 valence electrons. The van der Waals surface area contributed by atoms with Crippen molar-refractivity contribution in [3.05, 3.63) is 71.5 Å². The predicted molar refractivity (Wildman–Crippen MR) is 109 cm³/mol. The van der Waals surface area contributed by atoms with E-state index < -0.39 is 0 Å². The summed E-state index contributed by atoms with van der Waals surface area (Å²) >= 11 is 1.65. The van der Waals surface area contributed by atoms with Gasteiger partial charge in [-0.25, -0.2) is 0 Å². The van der Waals surface area contributed by atoms with Crippen molar-refractivity contribution in [1.82, 2.24) is 24.6 Å². The van der Waals surface area contributed by atoms with Crippen LogP contribution in [-0.4, -0.2) is 56.9 Å². The highest BCUT2D eigenvalue weighted by Crippen LogP contribution is 2.40. The van der Waals surface area contributed by atoms with Crippen LogP contribution >= 0.6 is 11.8 Å². The maximum absolute atomic E-state index is 13.2. The fourth-order valence-electron chi connectivity index (χ4n) is 3.42. The summed E-state index contributed by atoms with van der Waals surface area (Å²) in [6.07, 6.45) is 8.63. The van der Waals surface area contributed by atoms with Crippen molar-refractivity contribution in [3.63, 3.8) is 0 Å². The van der Waals surface area contributed by atoms with Crippen LogP contribution in [0.3, 0.4) is 0 Å². The van der Waals surface area contributed by atoms with Crippen molar-refractivity contribution < 1.29 is 9.53 Å². The number of hydrogen-bond donors (Lipinski definition) is 0. The van der Waals surface area contributed by atoms with E-state index in [-0.39, 0.29) is 5.91 Å². The predicted octanol–water partition coefficient (Wildman–Crippen LogP) is 2.52. The van der Waals surface area contributed by atoms with Crippen molar-refractivity contribution in [2.75, 3.05) is 26.3 Å². The Balaban J connectivity index is 1.80. The van der Waals surface area contributed by atoms with Gasteiger partial charge < -0.3 is 9.64 Å². The van der Waals surface area contributed by atoms with Gasteiger partial charge in [-0.1, -0.05) is 25.3 Å². The first-order valence-corrected chi connectivity index (χ1v) is 10.1. The number of morpholine rings is 1. The van der Waals surface area contributed by atoms with Crippen molar-refractivity contribution in [2.24, 2.45) is 0 Å². The first-order chi connectivity index (χ1) is 13.7. The highest BCUT2D eigenvalue weighted by Gasteiger charge is 2.31. The number of hydrogen-bond acceptors (Lipinski definition) is 6. The molecule has 8 heteroatoms. The molecule has 1 amide bonds. The maximum Gasteiger partial charge on any atom is 0.274 e. The standard InChI is InChI=1S/C20H21N5O2S/c1-3-15-17(4-2)28-13-16-18(20(26)24-7-9-27-10-8-24)23-25(19(15)16)12-14-11-21-5-6-22-14/h3-6,11H,1-2,7-10,12-13H2. The zero-order chi connectivity index (χ0) is 19.5. The molecule has 1 saturated heterocycles. The second-order valence-electron chi connectivity index (χ2n) is 6.41. The van der Waals surface area contributed by atoms with Gasteiger partial charge in [-0.15, -0.1) is 11.8 Å². The molecule has 28 heavy (non-hydrogen) atoms. The summed E-state index contributed by atoms with van der Waals surface area (Å²) in [5.74, 6) is 0.614. The van der Waals surface area contributed by atoms with Gasteiger partial charge in [-0.2, -0.15) is 5.10 Å². The van der Waals surface area contributed by atoms with Crippen molar-refractivity contribution in [3.8, 4) is 0 Å². The van der Waals surface area contributed by atoms with Gasteiger partial charge in [0, 0.05) is 47.3 Å². The summed E-state index contributed by atoms with van der Waals surface area (Å²) in [6, 6.07) is 0. The van der Waals surface area contributed by atoms with E-state index in [0.717, 1.165) is 27.4 Å². The third kappa shape index (κ3) is 3.41. The quantitative estimate of drug-likeness (QED) is 0.775. The Labute approximate surface area is 167 Å². The van der Waals surface area contributed by atoms with Crippen LogP contribution in [0.2, 0.25) is 0 Å².